The summed E-state index contributed by atoms with van der Waals surface area (Å²) in [7, 11) is 0. The SMILES string of the molecule is C1=CNOC=C1.c1ccc2scnc2c1. The predicted octanol–water partition coefficient (Wildman–Crippen LogP) is 2.84. The van der Waals surface area contributed by atoms with Crippen LogP contribution in [0.15, 0.2) is 54.4 Å². The number of nitrogens with one attached hydrogen (secondary N) is 1. The van der Waals surface area contributed by atoms with Gasteiger partial charge in [0.1, 0.15) is 6.26 Å². The number of thiazole rings is 1. The molecule has 1 aromatic carbocycles. The number of hydrogen-bond donors (Lipinski definition) is 1. The van der Waals surface area contributed by atoms with Crippen LogP contribution >= 0.6 is 11.3 Å². The van der Waals surface area contributed by atoms with Gasteiger partial charge in [0.15, 0.2) is 0 Å². The fraction of sp³-hybridized carbons (Fsp3) is 0. The summed E-state index contributed by atoms with van der Waals surface area (Å²) >= 11 is 1.68. The zero-order valence-corrected chi connectivity index (χ0v) is 8.78. The lowest BCUT2D eigenvalue weighted by Crippen LogP contribution is -2.01. The molecule has 0 saturated heterocycles. The van der Waals surface area contributed by atoms with Gasteiger partial charge in [-0.15, -0.1) is 11.3 Å². The quantitative estimate of drug-likeness (QED) is 0.738. The first-order valence-corrected chi connectivity index (χ1v) is 5.36. The molecule has 0 saturated carbocycles. The van der Waals surface area contributed by atoms with E-state index in [1.807, 2.05) is 29.8 Å². The number of hydroxylamine groups is 1. The van der Waals surface area contributed by atoms with E-state index in [-0.39, 0.29) is 0 Å². The maximum absolute atomic E-state index is 4.55. The molecule has 15 heavy (non-hydrogen) atoms. The van der Waals surface area contributed by atoms with E-state index in [4.69, 9.17) is 0 Å². The zero-order valence-electron chi connectivity index (χ0n) is 7.96. The Hall–Kier alpha value is -1.81. The maximum Gasteiger partial charge on any atom is 0.119 e. The first-order valence-electron chi connectivity index (χ1n) is 4.48. The highest BCUT2D eigenvalue weighted by Crippen LogP contribution is 2.15. The molecule has 0 atom stereocenters. The largest absolute Gasteiger partial charge is 0.391 e. The molecule has 0 aliphatic carbocycles. The third-order valence-corrected chi connectivity index (χ3v) is 2.54. The van der Waals surface area contributed by atoms with E-state index in [1.54, 1.807) is 29.9 Å². The molecule has 1 aliphatic heterocycles. The van der Waals surface area contributed by atoms with Gasteiger partial charge >= 0.3 is 0 Å². The minimum atomic E-state index is 1.10. The molecule has 76 valence electrons. The van der Waals surface area contributed by atoms with E-state index in [9.17, 15) is 0 Å². The van der Waals surface area contributed by atoms with Crippen molar-refractivity contribution in [2.24, 2.45) is 0 Å². The summed E-state index contributed by atoms with van der Waals surface area (Å²) in [5, 5.41) is 0. The number of fused-ring (bicyclic) bond motifs is 1. The molecule has 2 aromatic rings. The van der Waals surface area contributed by atoms with Crippen LogP contribution in [0.2, 0.25) is 0 Å². The van der Waals surface area contributed by atoms with E-state index in [0.717, 1.165) is 5.52 Å². The first-order chi connectivity index (χ1) is 7.47. The van der Waals surface area contributed by atoms with Gasteiger partial charge in [0.25, 0.3) is 0 Å². The molecule has 0 amide bonds. The Labute approximate surface area is 91.7 Å². The summed E-state index contributed by atoms with van der Waals surface area (Å²) in [5.74, 6) is 0. The standard InChI is InChI=1S/C7H5NS.C4H5NO/c1-2-4-7-6(3-1)8-5-9-7;1-2-4-6-5-3-1/h1-5H;1-5H. The average Bonchev–Trinajstić information content (AvgIpc) is 2.80. The molecule has 1 aliphatic rings. The van der Waals surface area contributed by atoms with Crippen LogP contribution in [0, 0.1) is 0 Å². The minimum Gasteiger partial charge on any atom is -0.391 e. The molecule has 1 aromatic heterocycles. The molecule has 1 N–H and O–H groups in total. The molecule has 3 nitrogen and oxygen atoms in total. The third-order valence-electron chi connectivity index (χ3n) is 1.73. The molecule has 0 spiro atoms. The Balaban J connectivity index is 0.000000124. The second-order valence-corrected chi connectivity index (χ2v) is 3.63. The molecule has 0 unspecified atom stereocenters. The summed E-state index contributed by atoms with van der Waals surface area (Å²) in [6, 6.07) is 8.13. The molecule has 0 radical (unpaired) electrons. The van der Waals surface area contributed by atoms with Crippen LogP contribution in [0.25, 0.3) is 10.2 Å². The lowest BCUT2D eigenvalue weighted by atomic mass is 10.3. The van der Waals surface area contributed by atoms with Crippen LogP contribution < -0.4 is 5.48 Å². The van der Waals surface area contributed by atoms with Gasteiger partial charge in [0, 0.05) is 6.20 Å². The number of aromatic nitrogens is 1. The van der Waals surface area contributed by atoms with Gasteiger partial charge in [-0.25, -0.2) is 10.5 Å². The van der Waals surface area contributed by atoms with Crippen molar-refractivity contribution in [3.8, 4) is 0 Å². The lowest BCUT2D eigenvalue weighted by molar-refractivity contribution is 0.172. The summed E-state index contributed by atoms with van der Waals surface area (Å²) in [4.78, 5) is 8.69. The monoisotopic (exact) mass is 218 g/mol. The molecule has 3 rings (SSSR count). The Morgan fingerprint density at radius 1 is 1.20 bits per heavy atom. The van der Waals surface area contributed by atoms with Gasteiger partial charge in [-0.3, -0.25) is 0 Å². The van der Waals surface area contributed by atoms with Crippen molar-refractivity contribution in [1.82, 2.24) is 10.5 Å². The van der Waals surface area contributed by atoms with Crippen molar-refractivity contribution in [2.75, 3.05) is 0 Å². The van der Waals surface area contributed by atoms with E-state index >= 15 is 0 Å². The van der Waals surface area contributed by atoms with E-state index < -0.39 is 0 Å². The molecule has 0 bridgehead atoms. The van der Waals surface area contributed by atoms with Crippen molar-refractivity contribution < 1.29 is 4.84 Å². The van der Waals surface area contributed by atoms with Crippen LogP contribution in [0.3, 0.4) is 0 Å². The Bertz CT molecular complexity index is 434. The second kappa shape index (κ2) is 5.17. The highest BCUT2D eigenvalue weighted by molar-refractivity contribution is 7.16. The van der Waals surface area contributed by atoms with E-state index in [2.05, 4.69) is 21.4 Å². The number of benzene rings is 1. The number of rotatable bonds is 0. The normalized spacial score (nSPS) is 12.5. The van der Waals surface area contributed by atoms with Crippen LogP contribution in [0.5, 0.6) is 0 Å². The Morgan fingerprint density at radius 2 is 2.13 bits per heavy atom. The smallest absolute Gasteiger partial charge is 0.119 e. The first kappa shape index (κ1) is 9.73. The van der Waals surface area contributed by atoms with Crippen molar-refractivity contribution >= 4 is 21.6 Å². The number of allylic oxidation sites excluding steroid dienone is 2. The maximum atomic E-state index is 4.55. The molecular formula is C11H10N2OS. The number of hydrogen-bond acceptors (Lipinski definition) is 4. The Kier molecular flexibility index (Phi) is 3.35. The molecule has 4 heteroatoms. The van der Waals surface area contributed by atoms with Crippen molar-refractivity contribution in [3.63, 3.8) is 0 Å². The van der Waals surface area contributed by atoms with E-state index in [1.165, 1.54) is 4.70 Å². The molecule has 0 fully saturated rings. The highest BCUT2D eigenvalue weighted by atomic mass is 32.1. The topological polar surface area (TPSA) is 34.1 Å². The Morgan fingerprint density at radius 3 is 2.73 bits per heavy atom. The summed E-state index contributed by atoms with van der Waals surface area (Å²) in [6.07, 6.45) is 6.93. The molecule has 2 heterocycles. The average molecular weight is 218 g/mol. The fourth-order valence-electron chi connectivity index (χ4n) is 1.06. The second-order valence-electron chi connectivity index (χ2n) is 2.74. The van der Waals surface area contributed by atoms with Gasteiger partial charge < -0.3 is 4.84 Å². The van der Waals surface area contributed by atoms with E-state index in [0.29, 0.717) is 0 Å². The van der Waals surface area contributed by atoms with Gasteiger partial charge in [-0.2, -0.15) is 0 Å². The van der Waals surface area contributed by atoms with Gasteiger partial charge in [0.05, 0.1) is 15.7 Å². The van der Waals surface area contributed by atoms with Crippen molar-refractivity contribution in [3.05, 3.63) is 54.4 Å². The van der Waals surface area contributed by atoms with Crippen molar-refractivity contribution in [1.29, 1.82) is 0 Å². The zero-order chi connectivity index (χ0) is 10.3. The van der Waals surface area contributed by atoms with Crippen LogP contribution in [0.4, 0.5) is 0 Å². The highest BCUT2D eigenvalue weighted by Gasteiger charge is 1.89. The fourth-order valence-corrected chi connectivity index (χ4v) is 1.74. The molecular weight excluding hydrogens is 208 g/mol. The van der Waals surface area contributed by atoms with Crippen LogP contribution in [-0.2, 0) is 4.84 Å². The minimum absolute atomic E-state index is 1.10. The van der Waals surface area contributed by atoms with Gasteiger partial charge in [0.2, 0.25) is 0 Å². The predicted molar refractivity (Wildman–Crippen MR) is 62.1 cm³/mol. The van der Waals surface area contributed by atoms with Gasteiger partial charge in [-0.05, 0) is 24.3 Å². The number of nitrogens with zero attached hydrogens (tertiary/aromatic N) is 1. The van der Waals surface area contributed by atoms with Crippen LogP contribution in [0.1, 0.15) is 0 Å². The van der Waals surface area contributed by atoms with Gasteiger partial charge in [-0.1, -0.05) is 12.1 Å². The number of para-hydroxylation sites is 1. The van der Waals surface area contributed by atoms with Crippen molar-refractivity contribution in [2.45, 2.75) is 0 Å². The van der Waals surface area contributed by atoms with Crippen LogP contribution in [-0.4, -0.2) is 4.98 Å². The lowest BCUT2D eigenvalue weighted by Gasteiger charge is -1.97. The summed E-state index contributed by atoms with van der Waals surface area (Å²) in [6.45, 7) is 0. The third kappa shape index (κ3) is 2.82. The summed E-state index contributed by atoms with van der Waals surface area (Å²) < 4.78 is 1.26. The summed E-state index contributed by atoms with van der Waals surface area (Å²) in [5.41, 5.74) is 5.48.